The molecule has 1 aliphatic heterocycles. The van der Waals surface area contributed by atoms with Crippen molar-refractivity contribution in [3.63, 3.8) is 0 Å². The smallest absolute Gasteiger partial charge is 0.416 e. The Kier molecular flexibility index (Phi) is 7.14. The van der Waals surface area contributed by atoms with Gasteiger partial charge in [-0.1, -0.05) is 35.5 Å². The quantitative estimate of drug-likeness (QED) is 0.510. The van der Waals surface area contributed by atoms with Gasteiger partial charge in [-0.15, -0.1) is 0 Å². The van der Waals surface area contributed by atoms with E-state index in [0.717, 1.165) is 27.7 Å². The van der Waals surface area contributed by atoms with Gasteiger partial charge in [-0.3, -0.25) is 10.1 Å². The average Bonchev–Trinajstić information content (AvgIpc) is 3.33. The molecule has 168 valence electrons. The zero-order valence-electron chi connectivity index (χ0n) is 17.0. The summed E-state index contributed by atoms with van der Waals surface area (Å²) in [4.78, 5) is 24.6. The van der Waals surface area contributed by atoms with E-state index in [9.17, 15) is 22.8 Å². The number of amides is 3. The number of carbonyl (C=O) groups is 2. The summed E-state index contributed by atoms with van der Waals surface area (Å²) in [6, 6.07) is 13.2. The molecule has 0 bridgehead atoms. The third kappa shape index (κ3) is 5.85. The number of ether oxygens (including phenoxy) is 1. The Bertz CT molecular complexity index is 1100. The van der Waals surface area contributed by atoms with E-state index in [2.05, 4.69) is 10.6 Å². The number of alkyl halides is 3. The summed E-state index contributed by atoms with van der Waals surface area (Å²) in [6.07, 6.45) is -2.72. The number of rotatable bonds is 4. The molecule has 32 heavy (non-hydrogen) atoms. The number of urea groups is 1. The van der Waals surface area contributed by atoms with Crippen molar-refractivity contribution in [2.24, 2.45) is 0 Å². The fourth-order valence-electron chi connectivity index (χ4n) is 2.80. The number of methoxy groups -OCH3 is 1. The Hall–Kier alpha value is -3.40. The standard InChI is InChI=1S/C14H12N2O4S.C8H7F3/c1-19-8-2-4-9(5-3-8)21-10-6-7-20-12(10)11-13(17)16-14(18)15-11;1-6-3-2-4-7(5-6)8(9,10)11/h2-7,11H,1H3,(H2,15,16,17,18);2-5H,1H3. The van der Waals surface area contributed by atoms with Gasteiger partial charge in [0.05, 0.1) is 23.8 Å². The first-order valence-electron chi connectivity index (χ1n) is 9.32. The molecule has 2 N–H and O–H groups in total. The van der Waals surface area contributed by atoms with E-state index < -0.39 is 29.7 Å². The molecule has 3 amide bonds. The highest BCUT2D eigenvalue weighted by atomic mass is 32.2. The van der Waals surface area contributed by atoms with Crippen LogP contribution in [0.4, 0.5) is 18.0 Å². The molecule has 1 atom stereocenters. The van der Waals surface area contributed by atoms with E-state index in [1.165, 1.54) is 24.1 Å². The van der Waals surface area contributed by atoms with Crippen LogP contribution in [0.3, 0.4) is 0 Å². The Labute approximate surface area is 186 Å². The van der Waals surface area contributed by atoms with Gasteiger partial charge in [0.15, 0.2) is 6.04 Å². The molecule has 2 heterocycles. The van der Waals surface area contributed by atoms with Gasteiger partial charge < -0.3 is 14.5 Å². The number of benzene rings is 2. The molecule has 1 aliphatic rings. The van der Waals surface area contributed by atoms with E-state index in [1.807, 2.05) is 24.3 Å². The van der Waals surface area contributed by atoms with E-state index >= 15 is 0 Å². The first-order chi connectivity index (χ1) is 15.2. The van der Waals surface area contributed by atoms with Crippen molar-refractivity contribution in [1.82, 2.24) is 10.6 Å². The summed E-state index contributed by atoms with van der Waals surface area (Å²) in [7, 11) is 1.61. The summed E-state index contributed by atoms with van der Waals surface area (Å²) in [5.74, 6) is 0.792. The van der Waals surface area contributed by atoms with Gasteiger partial charge in [0.1, 0.15) is 11.5 Å². The van der Waals surface area contributed by atoms with Gasteiger partial charge in [-0.2, -0.15) is 13.2 Å². The average molecular weight is 464 g/mol. The summed E-state index contributed by atoms with van der Waals surface area (Å²) < 4.78 is 46.4. The van der Waals surface area contributed by atoms with Crippen molar-refractivity contribution >= 4 is 23.7 Å². The second-order valence-corrected chi connectivity index (χ2v) is 7.81. The molecule has 1 aromatic heterocycles. The lowest BCUT2D eigenvalue weighted by Crippen LogP contribution is -2.22. The molecule has 1 unspecified atom stereocenters. The topological polar surface area (TPSA) is 80.6 Å². The highest BCUT2D eigenvalue weighted by Crippen LogP contribution is 2.35. The van der Waals surface area contributed by atoms with Crippen molar-refractivity contribution in [3.8, 4) is 5.75 Å². The highest BCUT2D eigenvalue weighted by molar-refractivity contribution is 7.99. The molecule has 6 nitrogen and oxygen atoms in total. The number of carbonyl (C=O) groups excluding carboxylic acids is 2. The molecule has 2 aromatic carbocycles. The van der Waals surface area contributed by atoms with Gasteiger partial charge >= 0.3 is 12.2 Å². The second kappa shape index (κ2) is 9.82. The van der Waals surface area contributed by atoms with Crippen molar-refractivity contribution in [3.05, 3.63) is 77.7 Å². The van der Waals surface area contributed by atoms with Crippen molar-refractivity contribution < 1.29 is 31.9 Å². The van der Waals surface area contributed by atoms with E-state index in [0.29, 0.717) is 11.3 Å². The van der Waals surface area contributed by atoms with Gasteiger partial charge in [-0.05, 0) is 43.3 Å². The van der Waals surface area contributed by atoms with Crippen LogP contribution in [0, 0.1) is 6.92 Å². The van der Waals surface area contributed by atoms with Crippen LogP contribution in [0.1, 0.15) is 22.9 Å². The summed E-state index contributed by atoms with van der Waals surface area (Å²) >= 11 is 1.45. The molecule has 0 aliphatic carbocycles. The third-order valence-electron chi connectivity index (χ3n) is 4.33. The lowest BCUT2D eigenvalue weighted by molar-refractivity contribution is -0.137. The number of hydrogen-bond donors (Lipinski definition) is 2. The molecule has 0 radical (unpaired) electrons. The van der Waals surface area contributed by atoms with Gasteiger partial charge in [0, 0.05) is 4.90 Å². The maximum Gasteiger partial charge on any atom is 0.416 e. The van der Waals surface area contributed by atoms with E-state index in [-0.39, 0.29) is 0 Å². The van der Waals surface area contributed by atoms with Crippen molar-refractivity contribution in [2.45, 2.75) is 28.9 Å². The number of imide groups is 1. The van der Waals surface area contributed by atoms with Crippen LogP contribution >= 0.6 is 11.8 Å². The Morgan fingerprint density at radius 2 is 1.78 bits per heavy atom. The molecular weight excluding hydrogens is 445 g/mol. The number of hydrogen-bond acceptors (Lipinski definition) is 5. The van der Waals surface area contributed by atoms with Crippen LogP contribution in [-0.2, 0) is 11.0 Å². The SMILES string of the molecule is COc1ccc(Sc2ccoc2C2NC(=O)NC2=O)cc1.Cc1cccc(C(F)(F)F)c1. The first kappa shape index (κ1) is 23.3. The molecule has 0 spiro atoms. The molecule has 10 heteroatoms. The Morgan fingerprint density at radius 3 is 2.31 bits per heavy atom. The minimum Gasteiger partial charge on any atom is -0.497 e. The zero-order valence-corrected chi connectivity index (χ0v) is 17.8. The molecule has 0 saturated carbocycles. The first-order valence-corrected chi connectivity index (χ1v) is 10.1. The molecular formula is C22H19F3N2O4S. The number of aryl methyl sites for hydroxylation is 1. The zero-order chi connectivity index (χ0) is 23.3. The monoisotopic (exact) mass is 464 g/mol. The fraction of sp³-hybridized carbons (Fsp3) is 0.182. The van der Waals surface area contributed by atoms with Crippen LogP contribution in [0.5, 0.6) is 5.75 Å². The largest absolute Gasteiger partial charge is 0.497 e. The summed E-state index contributed by atoms with van der Waals surface area (Å²) in [5, 5.41) is 4.71. The second-order valence-electron chi connectivity index (χ2n) is 6.69. The summed E-state index contributed by atoms with van der Waals surface area (Å²) in [5.41, 5.74) is 0.0392. The number of nitrogens with one attached hydrogen (secondary N) is 2. The van der Waals surface area contributed by atoms with E-state index in [1.54, 1.807) is 26.2 Å². The minimum absolute atomic E-state index is 0.411. The number of furan rings is 1. The molecule has 3 aromatic rings. The van der Waals surface area contributed by atoms with Gasteiger partial charge in [-0.25, -0.2) is 4.79 Å². The van der Waals surface area contributed by atoms with Crippen LogP contribution in [0.25, 0.3) is 0 Å². The van der Waals surface area contributed by atoms with E-state index in [4.69, 9.17) is 9.15 Å². The van der Waals surface area contributed by atoms with Crippen LogP contribution < -0.4 is 15.4 Å². The predicted octanol–water partition coefficient (Wildman–Crippen LogP) is 5.33. The van der Waals surface area contributed by atoms with Gasteiger partial charge in [0.25, 0.3) is 5.91 Å². The molecule has 1 saturated heterocycles. The Morgan fingerprint density at radius 1 is 1.06 bits per heavy atom. The lowest BCUT2D eigenvalue weighted by atomic mass is 10.1. The maximum absolute atomic E-state index is 12.0. The van der Waals surface area contributed by atoms with Crippen LogP contribution in [0.15, 0.2) is 75.1 Å². The predicted molar refractivity (Wildman–Crippen MR) is 111 cm³/mol. The van der Waals surface area contributed by atoms with Crippen molar-refractivity contribution in [2.75, 3.05) is 7.11 Å². The fourth-order valence-corrected chi connectivity index (χ4v) is 3.71. The normalized spacial score (nSPS) is 15.5. The molecule has 4 rings (SSSR count). The van der Waals surface area contributed by atoms with Crippen LogP contribution in [0.2, 0.25) is 0 Å². The van der Waals surface area contributed by atoms with Crippen molar-refractivity contribution in [1.29, 1.82) is 0 Å². The summed E-state index contributed by atoms with van der Waals surface area (Å²) in [6.45, 7) is 1.63. The Balaban J connectivity index is 0.000000222. The lowest BCUT2D eigenvalue weighted by Gasteiger charge is -2.07. The maximum atomic E-state index is 12.0. The minimum atomic E-state index is -4.22. The molecule has 1 fully saturated rings. The van der Waals surface area contributed by atoms with Gasteiger partial charge in [0.2, 0.25) is 0 Å². The highest BCUT2D eigenvalue weighted by Gasteiger charge is 2.35. The van der Waals surface area contributed by atoms with Crippen LogP contribution in [-0.4, -0.2) is 19.0 Å². The number of halogens is 3. The third-order valence-corrected chi connectivity index (χ3v) is 5.39.